The van der Waals surface area contributed by atoms with Gasteiger partial charge < -0.3 is 0 Å². The van der Waals surface area contributed by atoms with E-state index in [9.17, 15) is 0 Å². The Morgan fingerprint density at radius 1 is 1.64 bits per heavy atom. The summed E-state index contributed by atoms with van der Waals surface area (Å²) in [6, 6.07) is 0.668. The largest absolute Gasteiger partial charge is 0.296 e. The molecule has 0 fully saturated rings. The van der Waals surface area contributed by atoms with Crippen molar-refractivity contribution in [3.8, 4) is 0 Å². The zero-order valence-electron chi connectivity index (χ0n) is 7.93. The molecule has 1 nitrogen and oxygen atoms in total. The highest BCUT2D eigenvalue weighted by Gasteiger charge is 2.15. The van der Waals surface area contributed by atoms with Crippen LogP contribution < -0.4 is 0 Å². The van der Waals surface area contributed by atoms with Gasteiger partial charge in [-0.1, -0.05) is 25.0 Å². The van der Waals surface area contributed by atoms with E-state index in [1.165, 1.54) is 25.8 Å². The zero-order valence-corrected chi connectivity index (χ0v) is 7.93. The fourth-order valence-corrected chi connectivity index (χ4v) is 1.55. The molecule has 1 aliphatic rings. The number of nitrogens with zero attached hydrogens (tertiary/aromatic N) is 1. The minimum absolute atomic E-state index is 0.668. The normalized spacial score (nSPS) is 25.7. The molecule has 0 radical (unpaired) electrons. The van der Waals surface area contributed by atoms with Crippen molar-refractivity contribution in [1.29, 1.82) is 0 Å². The van der Waals surface area contributed by atoms with Crippen LogP contribution in [0, 0.1) is 0 Å². The van der Waals surface area contributed by atoms with Gasteiger partial charge in [-0.25, -0.2) is 0 Å². The SMILES string of the molecule is CCCCC1=CC(C)N(C)C1. The van der Waals surface area contributed by atoms with Crippen LogP contribution in [-0.4, -0.2) is 24.5 Å². The predicted molar refractivity (Wildman–Crippen MR) is 49.7 cm³/mol. The molecule has 0 N–H and O–H groups in total. The van der Waals surface area contributed by atoms with E-state index in [4.69, 9.17) is 0 Å². The molecule has 1 unspecified atom stereocenters. The summed E-state index contributed by atoms with van der Waals surface area (Å²) in [5.74, 6) is 0. The monoisotopic (exact) mass is 153 g/mol. The van der Waals surface area contributed by atoms with Crippen molar-refractivity contribution in [2.24, 2.45) is 0 Å². The lowest BCUT2D eigenvalue weighted by Crippen LogP contribution is -2.22. The topological polar surface area (TPSA) is 3.24 Å². The second-order valence-corrected chi connectivity index (χ2v) is 3.58. The first-order chi connectivity index (χ1) is 5.24. The number of hydrogen-bond donors (Lipinski definition) is 0. The van der Waals surface area contributed by atoms with Gasteiger partial charge in [0.05, 0.1) is 0 Å². The summed E-state index contributed by atoms with van der Waals surface area (Å²) < 4.78 is 0. The van der Waals surface area contributed by atoms with Gasteiger partial charge in [0.25, 0.3) is 0 Å². The maximum absolute atomic E-state index is 2.41. The summed E-state index contributed by atoms with van der Waals surface area (Å²) in [7, 11) is 2.19. The molecular weight excluding hydrogens is 134 g/mol. The van der Waals surface area contributed by atoms with Crippen LogP contribution in [-0.2, 0) is 0 Å². The van der Waals surface area contributed by atoms with Gasteiger partial charge in [-0.3, -0.25) is 4.90 Å². The molecule has 0 aromatic heterocycles. The van der Waals surface area contributed by atoms with E-state index in [-0.39, 0.29) is 0 Å². The van der Waals surface area contributed by atoms with E-state index in [1.807, 2.05) is 0 Å². The smallest absolute Gasteiger partial charge is 0.0253 e. The molecule has 0 saturated heterocycles. The quantitative estimate of drug-likeness (QED) is 0.563. The molecule has 1 heterocycles. The van der Waals surface area contributed by atoms with E-state index in [1.54, 1.807) is 5.57 Å². The van der Waals surface area contributed by atoms with Crippen molar-refractivity contribution in [3.63, 3.8) is 0 Å². The number of hydrogen-bond acceptors (Lipinski definition) is 1. The lowest BCUT2D eigenvalue weighted by atomic mass is 10.1. The van der Waals surface area contributed by atoms with Gasteiger partial charge in [0, 0.05) is 12.6 Å². The average molecular weight is 153 g/mol. The van der Waals surface area contributed by atoms with Crippen LogP contribution in [0.1, 0.15) is 33.1 Å². The minimum atomic E-state index is 0.668. The highest BCUT2D eigenvalue weighted by molar-refractivity contribution is 5.14. The first-order valence-electron chi connectivity index (χ1n) is 4.64. The second-order valence-electron chi connectivity index (χ2n) is 3.58. The summed E-state index contributed by atoms with van der Waals surface area (Å²) in [4.78, 5) is 2.39. The van der Waals surface area contributed by atoms with Crippen LogP contribution >= 0.6 is 0 Å². The molecule has 1 heteroatoms. The van der Waals surface area contributed by atoms with Crippen molar-refractivity contribution in [1.82, 2.24) is 4.90 Å². The third-order valence-electron chi connectivity index (χ3n) is 2.48. The van der Waals surface area contributed by atoms with Gasteiger partial charge in [-0.2, -0.15) is 0 Å². The molecule has 0 amide bonds. The number of likely N-dealkylation sites (N-methyl/N-ethyl adjacent to an activating group) is 1. The Labute approximate surface area is 70.1 Å². The summed E-state index contributed by atoms with van der Waals surface area (Å²) in [6.07, 6.45) is 6.39. The van der Waals surface area contributed by atoms with E-state index < -0.39 is 0 Å². The molecule has 64 valence electrons. The summed E-state index contributed by atoms with van der Waals surface area (Å²) >= 11 is 0. The highest BCUT2D eigenvalue weighted by atomic mass is 15.1. The number of unbranched alkanes of at least 4 members (excludes halogenated alkanes) is 1. The Hall–Kier alpha value is -0.300. The first kappa shape index (κ1) is 8.79. The summed E-state index contributed by atoms with van der Waals surface area (Å²) in [6.45, 7) is 5.71. The van der Waals surface area contributed by atoms with Crippen LogP contribution in [0.15, 0.2) is 11.6 Å². The maximum Gasteiger partial charge on any atom is 0.0253 e. The van der Waals surface area contributed by atoms with Crippen molar-refractivity contribution in [2.45, 2.75) is 39.2 Å². The van der Waals surface area contributed by atoms with Gasteiger partial charge in [0.2, 0.25) is 0 Å². The highest BCUT2D eigenvalue weighted by Crippen LogP contribution is 2.18. The maximum atomic E-state index is 2.41. The third-order valence-corrected chi connectivity index (χ3v) is 2.48. The molecule has 1 atom stereocenters. The second kappa shape index (κ2) is 3.91. The van der Waals surface area contributed by atoms with Gasteiger partial charge in [-0.05, 0) is 26.8 Å². The van der Waals surface area contributed by atoms with Crippen LogP contribution in [0.5, 0.6) is 0 Å². The molecule has 0 aliphatic carbocycles. The Morgan fingerprint density at radius 2 is 2.36 bits per heavy atom. The van der Waals surface area contributed by atoms with Crippen LogP contribution in [0.3, 0.4) is 0 Å². The zero-order chi connectivity index (χ0) is 8.27. The van der Waals surface area contributed by atoms with Crippen molar-refractivity contribution >= 4 is 0 Å². The van der Waals surface area contributed by atoms with E-state index in [2.05, 4.69) is 31.9 Å². The molecule has 0 bridgehead atoms. The lowest BCUT2D eigenvalue weighted by Gasteiger charge is -2.13. The van der Waals surface area contributed by atoms with Crippen LogP contribution in [0.25, 0.3) is 0 Å². The van der Waals surface area contributed by atoms with Gasteiger partial charge in [0.1, 0.15) is 0 Å². The van der Waals surface area contributed by atoms with Gasteiger partial charge >= 0.3 is 0 Å². The van der Waals surface area contributed by atoms with Crippen molar-refractivity contribution < 1.29 is 0 Å². The molecule has 1 rings (SSSR count). The van der Waals surface area contributed by atoms with Gasteiger partial charge in [-0.15, -0.1) is 0 Å². The summed E-state index contributed by atoms with van der Waals surface area (Å²) in [5.41, 5.74) is 1.64. The molecule has 11 heavy (non-hydrogen) atoms. The van der Waals surface area contributed by atoms with Crippen molar-refractivity contribution in [2.75, 3.05) is 13.6 Å². The third kappa shape index (κ3) is 2.33. The van der Waals surface area contributed by atoms with E-state index in [0.717, 1.165) is 0 Å². The Morgan fingerprint density at radius 3 is 2.82 bits per heavy atom. The van der Waals surface area contributed by atoms with Crippen LogP contribution in [0.2, 0.25) is 0 Å². The molecule has 0 aromatic carbocycles. The fraction of sp³-hybridized carbons (Fsp3) is 0.800. The van der Waals surface area contributed by atoms with Crippen LogP contribution in [0.4, 0.5) is 0 Å². The number of rotatable bonds is 3. The fourth-order valence-electron chi connectivity index (χ4n) is 1.55. The Kier molecular flexibility index (Phi) is 3.13. The molecule has 0 saturated carbocycles. The van der Waals surface area contributed by atoms with Gasteiger partial charge in [0.15, 0.2) is 0 Å². The Bertz CT molecular complexity index is 149. The Balaban J connectivity index is 2.31. The lowest BCUT2D eigenvalue weighted by molar-refractivity contribution is 0.346. The van der Waals surface area contributed by atoms with E-state index >= 15 is 0 Å². The summed E-state index contributed by atoms with van der Waals surface area (Å²) in [5, 5.41) is 0. The van der Waals surface area contributed by atoms with Crippen molar-refractivity contribution in [3.05, 3.63) is 11.6 Å². The molecule has 0 aromatic rings. The average Bonchev–Trinajstić information content (AvgIpc) is 2.28. The predicted octanol–water partition coefficient (Wildman–Crippen LogP) is 2.44. The standard InChI is InChI=1S/C10H19N/c1-4-5-6-10-7-9(2)11(3)8-10/h7,9H,4-6,8H2,1-3H3. The molecular formula is C10H19N. The van der Waals surface area contributed by atoms with E-state index in [0.29, 0.717) is 6.04 Å². The molecule has 0 spiro atoms. The minimum Gasteiger partial charge on any atom is -0.296 e. The molecule has 1 aliphatic heterocycles. The first-order valence-corrected chi connectivity index (χ1v) is 4.64.